The number of phenols is 2. The molecule has 1 atom stereocenters. The van der Waals surface area contributed by atoms with Crippen LogP contribution < -0.4 is 5.32 Å². The van der Waals surface area contributed by atoms with E-state index in [-0.39, 0.29) is 36.9 Å². The van der Waals surface area contributed by atoms with Gasteiger partial charge in [-0.3, -0.25) is 9.59 Å². The first kappa shape index (κ1) is 15.0. The van der Waals surface area contributed by atoms with E-state index in [9.17, 15) is 14.7 Å². The Hall–Kier alpha value is -2.08. The topological polar surface area (TPSA) is 107 Å². The molecule has 6 heteroatoms. The Bertz CT molecular complexity index is 472. The fraction of sp³-hybridized carbons (Fsp3) is 0.385. The van der Waals surface area contributed by atoms with Gasteiger partial charge < -0.3 is 20.6 Å². The Morgan fingerprint density at radius 2 is 1.95 bits per heavy atom. The molecule has 0 spiro atoms. The maximum atomic E-state index is 11.8. The largest absolute Gasteiger partial charge is 0.504 e. The lowest BCUT2D eigenvalue weighted by Crippen LogP contribution is -2.35. The molecule has 0 aliphatic heterocycles. The normalized spacial score (nSPS) is 11.9. The van der Waals surface area contributed by atoms with Crippen LogP contribution in [0.15, 0.2) is 18.2 Å². The smallest absolute Gasteiger partial charge is 0.230 e. The molecular weight excluding hydrogens is 250 g/mol. The Kier molecular flexibility index (Phi) is 5.32. The number of benzene rings is 1. The number of carbonyl (C=O) groups is 2. The maximum absolute atomic E-state index is 11.8. The van der Waals surface area contributed by atoms with Crippen molar-refractivity contribution in [2.75, 3.05) is 13.2 Å². The predicted octanol–water partition coefficient (Wildman–Crippen LogP) is -0.0460. The molecule has 0 bridgehead atoms. The molecule has 0 saturated carbocycles. The van der Waals surface area contributed by atoms with Gasteiger partial charge in [-0.15, -0.1) is 0 Å². The van der Waals surface area contributed by atoms with Gasteiger partial charge in [0.15, 0.2) is 11.5 Å². The minimum Gasteiger partial charge on any atom is -0.504 e. The highest BCUT2D eigenvalue weighted by Gasteiger charge is 2.21. The molecule has 6 nitrogen and oxygen atoms in total. The zero-order chi connectivity index (χ0) is 14.4. The van der Waals surface area contributed by atoms with Gasteiger partial charge in [0, 0.05) is 13.0 Å². The highest BCUT2D eigenvalue weighted by Crippen LogP contribution is 2.25. The van der Waals surface area contributed by atoms with Gasteiger partial charge >= 0.3 is 0 Å². The number of aliphatic hydroxyl groups excluding tert-OH is 1. The number of amides is 1. The molecule has 1 aromatic carbocycles. The first-order valence-electron chi connectivity index (χ1n) is 5.88. The number of ketones is 1. The van der Waals surface area contributed by atoms with Crippen LogP contribution in [0, 0.1) is 5.92 Å². The van der Waals surface area contributed by atoms with E-state index in [1.54, 1.807) is 0 Å². The molecule has 19 heavy (non-hydrogen) atoms. The minimum atomic E-state index is -0.831. The summed E-state index contributed by atoms with van der Waals surface area (Å²) in [7, 11) is 0. The molecule has 1 amide bonds. The number of hydrogen-bond donors (Lipinski definition) is 4. The van der Waals surface area contributed by atoms with E-state index in [4.69, 9.17) is 10.2 Å². The summed E-state index contributed by atoms with van der Waals surface area (Å²) in [4.78, 5) is 23.4. The van der Waals surface area contributed by atoms with Crippen LogP contribution >= 0.6 is 0 Å². The number of Topliss-reactive ketones (excluding diaryl/α,β-unsaturated/α-hetero) is 1. The maximum Gasteiger partial charge on any atom is 0.230 e. The van der Waals surface area contributed by atoms with Crippen LogP contribution in [0.3, 0.4) is 0 Å². The van der Waals surface area contributed by atoms with Gasteiger partial charge in [0.05, 0.1) is 12.5 Å². The summed E-state index contributed by atoms with van der Waals surface area (Å²) in [6.45, 7) is 1.41. The number of phenolic OH excluding ortho intramolecular Hbond substituents is 2. The molecular formula is C13H17NO5. The molecule has 0 saturated heterocycles. The van der Waals surface area contributed by atoms with Crippen molar-refractivity contribution in [3.63, 3.8) is 0 Å². The molecule has 0 aliphatic rings. The van der Waals surface area contributed by atoms with Crippen LogP contribution in [0.2, 0.25) is 0 Å². The van der Waals surface area contributed by atoms with E-state index in [1.807, 2.05) is 0 Å². The van der Waals surface area contributed by atoms with Crippen LogP contribution in [0.25, 0.3) is 0 Å². The Balaban J connectivity index is 2.63. The third-order valence-electron chi connectivity index (χ3n) is 2.71. The van der Waals surface area contributed by atoms with Crippen molar-refractivity contribution in [2.45, 2.75) is 13.3 Å². The number of nitrogens with one attached hydrogen (secondary N) is 1. The molecule has 1 unspecified atom stereocenters. The van der Waals surface area contributed by atoms with Crippen molar-refractivity contribution in [1.29, 1.82) is 0 Å². The number of rotatable bonds is 6. The summed E-state index contributed by atoms with van der Waals surface area (Å²) < 4.78 is 0. The SMILES string of the molecule is CC(C(=O)Cc1ccc(O)c(O)c1)C(=O)NCCO. The van der Waals surface area contributed by atoms with Crippen molar-refractivity contribution in [3.8, 4) is 11.5 Å². The van der Waals surface area contributed by atoms with Gasteiger partial charge in [0.25, 0.3) is 0 Å². The van der Waals surface area contributed by atoms with E-state index in [2.05, 4.69) is 5.32 Å². The monoisotopic (exact) mass is 267 g/mol. The second-order valence-electron chi connectivity index (χ2n) is 4.20. The van der Waals surface area contributed by atoms with Crippen molar-refractivity contribution in [2.24, 2.45) is 5.92 Å². The Morgan fingerprint density at radius 3 is 2.53 bits per heavy atom. The van der Waals surface area contributed by atoms with E-state index >= 15 is 0 Å². The van der Waals surface area contributed by atoms with E-state index < -0.39 is 11.8 Å². The van der Waals surface area contributed by atoms with Crippen LogP contribution in [-0.4, -0.2) is 40.2 Å². The molecule has 104 valence electrons. The second kappa shape index (κ2) is 6.75. The number of hydrogen-bond acceptors (Lipinski definition) is 5. The molecule has 0 fully saturated rings. The highest BCUT2D eigenvalue weighted by atomic mass is 16.3. The zero-order valence-corrected chi connectivity index (χ0v) is 10.6. The summed E-state index contributed by atoms with van der Waals surface area (Å²) in [6, 6.07) is 4.07. The first-order chi connectivity index (χ1) is 8.95. The molecule has 4 N–H and O–H groups in total. The van der Waals surface area contributed by atoms with Crippen molar-refractivity contribution in [1.82, 2.24) is 5.32 Å². The van der Waals surface area contributed by atoms with Crippen LogP contribution in [0.4, 0.5) is 0 Å². The zero-order valence-electron chi connectivity index (χ0n) is 10.6. The van der Waals surface area contributed by atoms with E-state index in [1.165, 1.54) is 25.1 Å². The van der Waals surface area contributed by atoms with E-state index in [0.29, 0.717) is 5.56 Å². The first-order valence-corrected chi connectivity index (χ1v) is 5.88. The lowest BCUT2D eigenvalue weighted by Gasteiger charge is -2.11. The fourth-order valence-corrected chi connectivity index (χ4v) is 1.51. The number of aromatic hydroxyl groups is 2. The summed E-state index contributed by atoms with van der Waals surface area (Å²) in [6.07, 6.45) is -0.0123. The summed E-state index contributed by atoms with van der Waals surface area (Å²) in [5.41, 5.74) is 0.516. The summed E-state index contributed by atoms with van der Waals surface area (Å²) in [5.74, 6) is -2.14. The third kappa shape index (κ3) is 4.26. The number of carbonyl (C=O) groups excluding carboxylic acids is 2. The standard InChI is InChI=1S/C13H17NO5/c1-8(13(19)14-4-5-15)11(17)6-9-2-3-10(16)12(18)7-9/h2-3,7-8,15-16,18H,4-6H2,1H3,(H,14,19). The van der Waals surface area contributed by atoms with Gasteiger partial charge in [0.2, 0.25) is 5.91 Å². The Labute approximate surface area is 110 Å². The predicted molar refractivity (Wildman–Crippen MR) is 67.7 cm³/mol. The van der Waals surface area contributed by atoms with Crippen molar-refractivity contribution >= 4 is 11.7 Å². The summed E-state index contributed by atoms with van der Waals surface area (Å²) >= 11 is 0. The third-order valence-corrected chi connectivity index (χ3v) is 2.71. The highest BCUT2D eigenvalue weighted by molar-refractivity contribution is 6.01. The number of aliphatic hydroxyl groups is 1. The average molecular weight is 267 g/mol. The minimum absolute atomic E-state index is 0.0123. The average Bonchev–Trinajstić information content (AvgIpc) is 2.39. The van der Waals surface area contributed by atoms with E-state index in [0.717, 1.165) is 0 Å². The summed E-state index contributed by atoms with van der Waals surface area (Å²) in [5, 5.41) is 29.5. The van der Waals surface area contributed by atoms with Crippen LogP contribution in [-0.2, 0) is 16.0 Å². The second-order valence-corrected chi connectivity index (χ2v) is 4.20. The quantitative estimate of drug-likeness (QED) is 0.427. The van der Waals surface area contributed by atoms with Crippen LogP contribution in [0.5, 0.6) is 11.5 Å². The molecule has 0 radical (unpaired) electrons. The molecule has 0 aliphatic carbocycles. The van der Waals surface area contributed by atoms with Gasteiger partial charge in [-0.1, -0.05) is 6.07 Å². The van der Waals surface area contributed by atoms with Gasteiger partial charge in [-0.25, -0.2) is 0 Å². The molecule has 0 aromatic heterocycles. The lowest BCUT2D eigenvalue weighted by molar-refractivity contribution is -0.133. The van der Waals surface area contributed by atoms with Crippen molar-refractivity contribution < 1.29 is 24.9 Å². The van der Waals surface area contributed by atoms with Gasteiger partial charge in [-0.2, -0.15) is 0 Å². The molecule has 1 rings (SSSR count). The Morgan fingerprint density at radius 1 is 1.26 bits per heavy atom. The molecule has 0 heterocycles. The molecule has 1 aromatic rings. The van der Waals surface area contributed by atoms with Gasteiger partial charge in [0.1, 0.15) is 5.78 Å². The van der Waals surface area contributed by atoms with Crippen LogP contribution in [0.1, 0.15) is 12.5 Å². The lowest BCUT2D eigenvalue weighted by atomic mass is 9.98. The van der Waals surface area contributed by atoms with Gasteiger partial charge in [-0.05, 0) is 24.6 Å². The van der Waals surface area contributed by atoms with Crippen molar-refractivity contribution in [3.05, 3.63) is 23.8 Å². The fourth-order valence-electron chi connectivity index (χ4n) is 1.51.